The Morgan fingerprint density at radius 1 is 1.21 bits per heavy atom. The minimum atomic E-state index is -0.198. The van der Waals surface area contributed by atoms with Gasteiger partial charge in [-0.1, -0.05) is 28.1 Å². The van der Waals surface area contributed by atoms with Crippen LogP contribution in [0, 0.1) is 5.82 Å². The summed E-state index contributed by atoms with van der Waals surface area (Å²) in [5.74, 6) is -0.198. The van der Waals surface area contributed by atoms with Crippen LogP contribution < -0.4 is 5.73 Å². The van der Waals surface area contributed by atoms with Crippen LogP contribution in [-0.4, -0.2) is 47.5 Å². The largest absolute Gasteiger partial charge is 0.392 e. The molecule has 0 radical (unpaired) electrons. The van der Waals surface area contributed by atoms with E-state index >= 15 is 0 Å². The first-order valence-electron chi connectivity index (χ1n) is 6.21. The quantitative estimate of drug-likeness (QED) is 0.846. The van der Waals surface area contributed by atoms with Crippen LogP contribution in [0.4, 0.5) is 4.39 Å². The fourth-order valence-corrected chi connectivity index (χ4v) is 2.98. The highest BCUT2D eigenvalue weighted by Crippen LogP contribution is 2.17. The Morgan fingerprint density at radius 3 is 2.42 bits per heavy atom. The van der Waals surface area contributed by atoms with Crippen LogP contribution in [0.5, 0.6) is 0 Å². The van der Waals surface area contributed by atoms with E-state index in [2.05, 4.69) is 25.7 Å². The van der Waals surface area contributed by atoms with Gasteiger partial charge >= 0.3 is 0 Å². The lowest BCUT2D eigenvalue weighted by atomic mass is 10.2. The van der Waals surface area contributed by atoms with Gasteiger partial charge in [0.05, 0.1) is 4.99 Å². The Labute approximate surface area is 126 Å². The number of nitrogens with two attached hydrogens (primary N) is 1. The minimum absolute atomic E-state index is 0.198. The third kappa shape index (κ3) is 4.80. The van der Waals surface area contributed by atoms with Gasteiger partial charge in [0.15, 0.2) is 0 Å². The summed E-state index contributed by atoms with van der Waals surface area (Å²) in [4.78, 5) is 5.11. The number of rotatable bonds is 4. The van der Waals surface area contributed by atoms with E-state index in [1.807, 2.05) is 6.07 Å². The highest BCUT2D eigenvalue weighted by Gasteiger charge is 2.17. The number of hydrogen-bond donors (Lipinski definition) is 1. The Hall–Kier alpha value is -0.560. The van der Waals surface area contributed by atoms with Crippen molar-refractivity contribution >= 4 is 33.1 Å². The molecule has 1 saturated heterocycles. The lowest BCUT2D eigenvalue weighted by Crippen LogP contribution is -2.48. The van der Waals surface area contributed by atoms with Crippen molar-refractivity contribution in [1.82, 2.24) is 9.80 Å². The van der Waals surface area contributed by atoms with Gasteiger partial charge in [-0.25, -0.2) is 4.39 Å². The van der Waals surface area contributed by atoms with E-state index in [-0.39, 0.29) is 5.82 Å². The van der Waals surface area contributed by atoms with Crippen LogP contribution in [-0.2, 0) is 6.54 Å². The third-order valence-corrected chi connectivity index (χ3v) is 3.76. The van der Waals surface area contributed by atoms with E-state index in [0.717, 1.165) is 42.8 Å². The zero-order valence-electron chi connectivity index (χ0n) is 10.6. The molecule has 0 atom stereocenters. The molecule has 0 spiro atoms. The Morgan fingerprint density at radius 2 is 1.84 bits per heavy atom. The maximum absolute atomic E-state index is 13.3. The molecular formula is C13H17BrFN3S. The molecule has 1 fully saturated rings. The van der Waals surface area contributed by atoms with Gasteiger partial charge in [0, 0.05) is 43.7 Å². The number of piperazine rings is 1. The van der Waals surface area contributed by atoms with Gasteiger partial charge in [0.2, 0.25) is 0 Å². The van der Waals surface area contributed by atoms with Crippen LogP contribution in [0.15, 0.2) is 22.7 Å². The fourth-order valence-electron chi connectivity index (χ4n) is 2.29. The number of hydrogen-bond acceptors (Lipinski definition) is 3. The van der Waals surface area contributed by atoms with Crippen molar-refractivity contribution in [3.8, 4) is 0 Å². The molecule has 1 aromatic rings. The summed E-state index contributed by atoms with van der Waals surface area (Å²) in [5, 5.41) is 0. The molecule has 0 aromatic heterocycles. The van der Waals surface area contributed by atoms with Crippen molar-refractivity contribution in [3.63, 3.8) is 0 Å². The molecule has 0 aliphatic carbocycles. The minimum Gasteiger partial charge on any atom is -0.392 e. The van der Waals surface area contributed by atoms with Crippen molar-refractivity contribution in [2.45, 2.75) is 6.54 Å². The van der Waals surface area contributed by atoms with Gasteiger partial charge < -0.3 is 5.73 Å². The van der Waals surface area contributed by atoms with Crippen molar-refractivity contribution in [2.75, 3.05) is 32.7 Å². The van der Waals surface area contributed by atoms with Crippen LogP contribution in [0.2, 0.25) is 0 Å². The van der Waals surface area contributed by atoms with E-state index < -0.39 is 0 Å². The third-order valence-electron chi connectivity index (χ3n) is 3.17. The van der Waals surface area contributed by atoms with Gasteiger partial charge in [-0.2, -0.15) is 0 Å². The number of halogens is 2. The van der Waals surface area contributed by atoms with Gasteiger partial charge in [0.1, 0.15) is 5.82 Å². The second kappa shape index (κ2) is 6.74. The molecule has 104 valence electrons. The second-order valence-corrected chi connectivity index (χ2v) is 6.24. The van der Waals surface area contributed by atoms with Gasteiger partial charge in [0.25, 0.3) is 0 Å². The second-order valence-electron chi connectivity index (χ2n) is 4.80. The molecule has 1 aliphatic heterocycles. The zero-order chi connectivity index (χ0) is 13.8. The number of nitrogens with zero attached hydrogens (tertiary/aromatic N) is 2. The van der Waals surface area contributed by atoms with E-state index in [0.29, 0.717) is 11.5 Å². The summed E-state index contributed by atoms with van der Waals surface area (Å²) in [6, 6.07) is 5.03. The van der Waals surface area contributed by atoms with E-state index in [1.165, 1.54) is 6.07 Å². The summed E-state index contributed by atoms with van der Waals surface area (Å²) in [7, 11) is 0. The molecule has 3 nitrogen and oxygen atoms in total. The number of thiocarbonyl (C=S) groups is 1. The topological polar surface area (TPSA) is 32.5 Å². The van der Waals surface area contributed by atoms with Crippen molar-refractivity contribution in [3.05, 3.63) is 34.1 Å². The Bertz CT molecular complexity index is 441. The van der Waals surface area contributed by atoms with Crippen molar-refractivity contribution < 1.29 is 4.39 Å². The molecule has 0 saturated carbocycles. The van der Waals surface area contributed by atoms with E-state index in [1.54, 1.807) is 6.07 Å². The zero-order valence-corrected chi connectivity index (χ0v) is 13.0. The molecular weight excluding hydrogens is 329 g/mol. The molecule has 2 rings (SSSR count). The fraction of sp³-hybridized carbons (Fsp3) is 0.462. The van der Waals surface area contributed by atoms with Crippen molar-refractivity contribution in [1.29, 1.82) is 0 Å². The highest BCUT2D eigenvalue weighted by molar-refractivity contribution is 9.10. The van der Waals surface area contributed by atoms with E-state index in [4.69, 9.17) is 18.0 Å². The predicted molar refractivity (Wildman–Crippen MR) is 82.6 cm³/mol. The van der Waals surface area contributed by atoms with Crippen LogP contribution >= 0.6 is 28.1 Å². The lowest BCUT2D eigenvalue weighted by molar-refractivity contribution is 0.140. The summed E-state index contributed by atoms with van der Waals surface area (Å²) in [6.45, 7) is 5.28. The molecule has 0 unspecified atom stereocenters. The molecule has 6 heteroatoms. The normalized spacial score (nSPS) is 17.6. The van der Waals surface area contributed by atoms with Crippen LogP contribution in [0.25, 0.3) is 0 Å². The van der Waals surface area contributed by atoms with Gasteiger partial charge in [-0.3, -0.25) is 9.80 Å². The molecule has 0 amide bonds. The first-order chi connectivity index (χ1) is 9.02. The SMILES string of the molecule is NC(=S)CN1CCN(Cc2cc(F)cc(Br)c2)CC1. The maximum atomic E-state index is 13.3. The standard InChI is InChI=1S/C13H17BrFN3S/c14-11-5-10(6-12(15)7-11)8-17-1-3-18(4-2-17)9-13(16)19/h5-7H,1-4,8-9H2,(H2,16,19). The summed E-state index contributed by atoms with van der Waals surface area (Å²) >= 11 is 8.23. The number of benzene rings is 1. The average Bonchev–Trinajstić information content (AvgIpc) is 2.29. The van der Waals surface area contributed by atoms with Crippen LogP contribution in [0.3, 0.4) is 0 Å². The van der Waals surface area contributed by atoms with Gasteiger partial charge in [-0.15, -0.1) is 0 Å². The van der Waals surface area contributed by atoms with Crippen LogP contribution in [0.1, 0.15) is 5.56 Å². The Kier molecular flexibility index (Phi) is 5.27. The first-order valence-corrected chi connectivity index (χ1v) is 7.41. The van der Waals surface area contributed by atoms with Gasteiger partial charge in [-0.05, 0) is 23.8 Å². The average molecular weight is 346 g/mol. The van der Waals surface area contributed by atoms with Crippen molar-refractivity contribution in [2.24, 2.45) is 5.73 Å². The highest BCUT2D eigenvalue weighted by atomic mass is 79.9. The predicted octanol–water partition coefficient (Wildman–Crippen LogP) is 1.99. The molecule has 0 bridgehead atoms. The smallest absolute Gasteiger partial charge is 0.124 e. The first kappa shape index (κ1) is 14.8. The Balaban J connectivity index is 1.86. The monoisotopic (exact) mass is 345 g/mol. The molecule has 1 aliphatic rings. The summed E-state index contributed by atoms with van der Waals surface area (Å²) in [5.41, 5.74) is 6.54. The molecule has 2 N–H and O–H groups in total. The lowest BCUT2D eigenvalue weighted by Gasteiger charge is -2.34. The molecule has 1 aromatic carbocycles. The summed E-state index contributed by atoms with van der Waals surface area (Å²) in [6.07, 6.45) is 0. The molecule has 19 heavy (non-hydrogen) atoms. The molecule has 1 heterocycles. The van der Waals surface area contributed by atoms with E-state index in [9.17, 15) is 4.39 Å². The summed E-state index contributed by atoms with van der Waals surface area (Å²) < 4.78 is 14.1. The maximum Gasteiger partial charge on any atom is 0.124 e.